The summed E-state index contributed by atoms with van der Waals surface area (Å²) < 4.78 is 0. The van der Waals surface area contributed by atoms with Gasteiger partial charge in [-0.1, -0.05) is 36.8 Å². The van der Waals surface area contributed by atoms with Crippen LogP contribution in [0.25, 0.3) is 0 Å². The Morgan fingerprint density at radius 3 is 2.61 bits per heavy atom. The number of rotatable bonds is 3. The van der Waals surface area contributed by atoms with E-state index in [0.29, 0.717) is 31.4 Å². The van der Waals surface area contributed by atoms with Gasteiger partial charge in [0.1, 0.15) is 6.04 Å². The Balaban J connectivity index is 1.74. The number of hydrogen-bond acceptors (Lipinski definition) is 3. The van der Waals surface area contributed by atoms with Gasteiger partial charge in [0.25, 0.3) is 0 Å². The molecule has 1 aromatic rings. The van der Waals surface area contributed by atoms with Crippen molar-refractivity contribution in [1.82, 2.24) is 10.2 Å². The van der Waals surface area contributed by atoms with E-state index in [1.165, 1.54) is 0 Å². The molecule has 2 saturated heterocycles. The van der Waals surface area contributed by atoms with Crippen LogP contribution < -0.4 is 5.32 Å². The molecule has 2 aliphatic rings. The third-order valence-electron chi connectivity index (χ3n) is 4.68. The lowest BCUT2D eigenvalue weighted by Crippen LogP contribution is -2.51. The van der Waals surface area contributed by atoms with Crippen molar-refractivity contribution in [2.75, 3.05) is 6.54 Å². The Labute approximate surface area is 136 Å². The van der Waals surface area contributed by atoms with Crippen molar-refractivity contribution in [2.45, 2.75) is 50.6 Å². The third kappa shape index (κ3) is 3.44. The molecule has 2 atom stereocenters. The first kappa shape index (κ1) is 15.7. The highest BCUT2D eigenvalue weighted by atomic mass is 16.2. The van der Waals surface area contributed by atoms with Crippen LogP contribution in [0.4, 0.5) is 0 Å². The average molecular weight is 314 g/mol. The van der Waals surface area contributed by atoms with Crippen molar-refractivity contribution >= 4 is 17.6 Å². The van der Waals surface area contributed by atoms with Crippen molar-refractivity contribution in [3.63, 3.8) is 0 Å². The van der Waals surface area contributed by atoms with E-state index in [1.54, 1.807) is 17.0 Å². The van der Waals surface area contributed by atoms with E-state index in [9.17, 15) is 14.4 Å². The van der Waals surface area contributed by atoms with Crippen molar-refractivity contribution in [3.05, 3.63) is 35.9 Å². The van der Waals surface area contributed by atoms with Gasteiger partial charge in [0, 0.05) is 18.5 Å². The lowest BCUT2D eigenvalue weighted by molar-refractivity contribution is -0.136. The molecule has 2 amide bonds. The smallest absolute Gasteiger partial charge is 0.245 e. The molecular weight excluding hydrogens is 292 g/mol. The Morgan fingerprint density at radius 2 is 1.83 bits per heavy atom. The van der Waals surface area contributed by atoms with Crippen molar-refractivity contribution in [2.24, 2.45) is 0 Å². The van der Waals surface area contributed by atoms with Crippen molar-refractivity contribution in [3.8, 4) is 0 Å². The van der Waals surface area contributed by atoms with Crippen molar-refractivity contribution in [1.29, 1.82) is 0 Å². The van der Waals surface area contributed by atoms with E-state index in [-0.39, 0.29) is 17.6 Å². The van der Waals surface area contributed by atoms with Crippen molar-refractivity contribution < 1.29 is 14.4 Å². The number of ketones is 1. The molecule has 0 unspecified atom stereocenters. The molecule has 122 valence electrons. The molecule has 0 saturated carbocycles. The lowest BCUT2D eigenvalue weighted by atomic mass is 10.0. The van der Waals surface area contributed by atoms with E-state index in [0.717, 1.165) is 19.3 Å². The van der Waals surface area contributed by atoms with Gasteiger partial charge in [-0.2, -0.15) is 0 Å². The zero-order chi connectivity index (χ0) is 16.2. The number of amides is 2. The number of carbonyl (C=O) groups is 3. The maximum Gasteiger partial charge on any atom is 0.245 e. The molecule has 0 aliphatic carbocycles. The van der Waals surface area contributed by atoms with Crippen LogP contribution in [-0.2, 0) is 9.59 Å². The lowest BCUT2D eigenvalue weighted by Gasteiger charge is -2.28. The van der Waals surface area contributed by atoms with E-state index < -0.39 is 12.1 Å². The van der Waals surface area contributed by atoms with Gasteiger partial charge in [-0.25, -0.2) is 0 Å². The van der Waals surface area contributed by atoms with Gasteiger partial charge >= 0.3 is 0 Å². The molecule has 5 heteroatoms. The summed E-state index contributed by atoms with van der Waals surface area (Å²) in [5.74, 6) is -0.172. The predicted molar refractivity (Wildman–Crippen MR) is 85.9 cm³/mol. The molecule has 0 aromatic heterocycles. The Hall–Kier alpha value is -2.17. The first-order valence-electron chi connectivity index (χ1n) is 8.36. The zero-order valence-electron chi connectivity index (χ0n) is 13.2. The van der Waals surface area contributed by atoms with Crippen LogP contribution in [0.15, 0.2) is 30.3 Å². The topological polar surface area (TPSA) is 66.5 Å². The number of benzene rings is 1. The highest BCUT2D eigenvalue weighted by Crippen LogP contribution is 2.23. The second kappa shape index (κ2) is 6.94. The van der Waals surface area contributed by atoms with Crippen LogP contribution in [0, 0.1) is 0 Å². The second-order valence-electron chi connectivity index (χ2n) is 6.29. The molecule has 23 heavy (non-hydrogen) atoms. The molecule has 1 N–H and O–H groups in total. The largest absolute Gasteiger partial charge is 0.344 e. The summed E-state index contributed by atoms with van der Waals surface area (Å²) in [4.78, 5) is 38.9. The molecule has 1 aromatic carbocycles. The van der Waals surface area contributed by atoms with Crippen LogP contribution in [0.1, 0.15) is 48.9 Å². The molecule has 3 rings (SSSR count). The minimum Gasteiger partial charge on any atom is -0.344 e. The number of nitrogens with one attached hydrogen (secondary N) is 1. The molecule has 2 fully saturated rings. The summed E-state index contributed by atoms with van der Waals surface area (Å²) in [5.41, 5.74) is 0.641. The van der Waals surface area contributed by atoms with Crippen LogP contribution in [0.5, 0.6) is 0 Å². The average Bonchev–Trinajstić information content (AvgIpc) is 2.96. The summed E-state index contributed by atoms with van der Waals surface area (Å²) in [6, 6.07) is 8.24. The Morgan fingerprint density at radius 1 is 1.04 bits per heavy atom. The van der Waals surface area contributed by atoms with Gasteiger partial charge in [0.15, 0.2) is 5.78 Å². The third-order valence-corrected chi connectivity index (χ3v) is 4.68. The van der Waals surface area contributed by atoms with Gasteiger partial charge in [-0.05, 0) is 25.7 Å². The number of nitrogens with zero attached hydrogens (tertiary/aromatic N) is 1. The first-order chi connectivity index (χ1) is 11.2. The normalized spacial score (nSPS) is 24.9. The van der Waals surface area contributed by atoms with Gasteiger partial charge in [0.05, 0.1) is 6.04 Å². The van der Waals surface area contributed by atoms with Crippen LogP contribution in [0.2, 0.25) is 0 Å². The van der Waals surface area contributed by atoms with E-state index in [1.807, 2.05) is 18.2 Å². The molecule has 5 nitrogen and oxygen atoms in total. The summed E-state index contributed by atoms with van der Waals surface area (Å²) >= 11 is 0. The maximum atomic E-state index is 12.8. The summed E-state index contributed by atoms with van der Waals surface area (Å²) in [6.07, 6.45) is 4.35. The minimum absolute atomic E-state index is 0.00333. The molecule has 2 heterocycles. The number of likely N-dealkylation sites (tertiary alicyclic amines) is 1. The Kier molecular flexibility index (Phi) is 4.74. The summed E-state index contributed by atoms with van der Waals surface area (Å²) in [5, 5.41) is 2.81. The predicted octanol–water partition coefficient (Wildman–Crippen LogP) is 1.92. The number of Topliss-reactive ketones (excluding diaryl/α,β-unsaturated/α-hetero) is 1. The monoisotopic (exact) mass is 314 g/mol. The highest BCUT2D eigenvalue weighted by Gasteiger charge is 2.38. The Bertz CT molecular complexity index is 600. The molecule has 2 aliphatic heterocycles. The van der Waals surface area contributed by atoms with E-state index in [4.69, 9.17) is 0 Å². The quantitative estimate of drug-likeness (QED) is 0.867. The summed E-state index contributed by atoms with van der Waals surface area (Å²) in [6.45, 7) is 0.592. The second-order valence-corrected chi connectivity index (χ2v) is 6.29. The zero-order valence-corrected chi connectivity index (χ0v) is 13.2. The molecule has 0 bridgehead atoms. The fourth-order valence-electron chi connectivity index (χ4n) is 3.46. The maximum absolute atomic E-state index is 12.8. The molecular formula is C18H22N2O3. The molecule has 0 radical (unpaired) electrons. The first-order valence-corrected chi connectivity index (χ1v) is 8.36. The number of hydrogen-bond donors (Lipinski definition) is 1. The van der Waals surface area contributed by atoms with Crippen LogP contribution in [0.3, 0.4) is 0 Å². The fraction of sp³-hybridized carbons (Fsp3) is 0.500. The van der Waals surface area contributed by atoms with Gasteiger partial charge in [-0.3, -0.25) is 14.4 Å². The fourth-order valence-corrected chi connectivity index (χ4v) is 3.46. The number of carbonyl (C=O) groups excluding carboxylic acids is 3. The SMILES string of the molecule is O=C1CCCC[C@@H](C(=O)N2CCC[C@@H]2C(=O)c2ccccc2)N1. The van der Waals surface area contributed by atoms with Crippen LogP contribution in [-0.4, -0.2) is 41.1 Å². The molecule has 0 spiro atoms. The van der Waals surface area contributed by atoms with E-state index in [2.05, 4.69) is 5.32 Å². The van der Waals surface area contributed by atoms with Gasteiger partial charge in [-0.15, -0.1) is 0 Å². The van der Waals surface area contributed by atoms with Gasteiger partial charge < -0.3 is 10.2 Å². The van der Waals surface area contributed by atoms with Gasteiger partial charge in [0.2, 0.25) is 11.8 Å². The standard InChI is InChI=1S/C18H22N2O3/c21-16-11-5-4-9-14(19-16)18(23)20-12-6-10-15(20)17(22)13-7-2-1-3-8-13/h1-3,7-8,14-15H,4-6,9-12H2,(H,19,21)/t14-,15+/m0/s1. The summed E-state index contributed by atoms with van der Waals surface area (Å²) in [7, 11) is 0. The van der Waals surface area contributed by atoms with Crippen LogP contribution >= 0.6 is 0 Å². The highest BCUT2D eigenvalue weighted by molar-refractivity contribution is 6.02. The minimum atomic E-state index is -0.478. The van der Waals surface area contributed by atoms with E-state index >= 15 is 0 Å².